The Labute approximate surface area is 160 Å². The predicted molar refractivity (Wildman–Crippen MR) is 106 cm³/mol. The molecule has 0 N–H and O–H groups in total. The molecule has 2 aromatic heterocycles. The molecule has 5 nitrogen and oxygen atoms in total. The molecular formula is C21H18N2O3S. The Bertz CT molecular complexity index is 1090. The number of rotatable bonds is 4. The van der Waals surface area contributed by atoms with E-state index in [9.17, 15) is 4.79 Å². The van der Waals surface area contributed by atoms with Crippen molar-refractivity contribution in [2.75, 3.05) is 6.61 Å². The van der Waals surface area contributed by atoms with E-state index in [4.69, 9.17) is 9.15 Å². The Balaban J connectivity index is 1.65. The van der Waals surface area contributed by atoms with Crippen molar-refractivity contribution in [3.63, 3.8) is 0 Å². The Morgan fingerprint density at radius 1 is 1.11 bits per heavy atom. The molecule has 27 heavy (non-hydrogen) atoms. The van der Waals surface area contributed by atoms with Crippen LogP contribution in [0, 0.1) is 13.8 Å². The lowest BCUT2D eigenvalue weighted by Crippen LogP contribution is -2.03. The third-order valence-corrected chi connectivity index (χ3v) is 5.15. The van der Waals surface area contributed by atoms with E-state index in [0.717, 1.165) is 32.7 Å². The van der Waals surface area contributed by atoms with Crippen LogP contribution in [-0.4, -0.2) is 21.9 Å². The van der Waals surface area contributed by atoms with Crippen LogP contribution in [0.25, 0.3) is 33.1 Å². The van der Waals surface area contributed by atoms with Gasteiger partial charge >= 0.3 is 5.97 Å². The van der Waals surface area contributed by atoms with Crippen LogP contribution in [0.1, 0.15) is 28.4 Å². The lowest BCUT2D eigenvalue weighted by atomic mass is 10.1. The second-order valence-electron chi connectivity index (χ2n) is 6.27. The van der Waals surface area contributed by atoms with Gasteiger partial charge < -0.3 is 9.15 Å². The fourth-order valence-electron chi connectivity index (χ4n) is 2.91. The topological polar surface area (TPSA) is 65.2 Å². The maximum Gasteiger partial charge on any atom is 0.338 e. The van der Waals surface area contributed by atoms with Gasteiger partial charge in [0.1, 0.15) is 10.6 Å². The zero-order valence-corrected chi connectivity index (χ0v) is 16.1. The summed E-state index contributed by atoms with van der Waals surface area (Å²) in [6.07, 6.45) is 0. The average molecular weight is 378 g/mol. The summed E-state index contributed by atoms with van der Waals surface area (Å²) in [7, 11) is 0. The van der Waals surface area contributed by atoms with Gasteiger partial charge in [-0.3, -0.25) is 0 Å². The Kier molecular flexibility index (Phi) is 4.49. The first kappa shape index (κ1) is 17.4. The first-order valence-corrected chi connectivity index (χ1v) is 9.45. The number of hydrogen-bond donors (Lipinski definition) is 0. The number of aromatic nitrogens is 2. The van der Waals surface area contributed by atoms with E-state index in [1.54, 1.807) is 19.1 Å². The molecule has 0 aliphatic carbocycles. The molecule has 136 valence electrons. The van der Waals surface area contributed by atoms with Gasteiger partial charge in [-0.05, 0) is 61.6 Å². The number of hydrogen-bond acceptors (Lipinski definition) is 6. The maximum atomic E-state index is 11.8. The zero-order valence-electron chi connectivity index (χ0n) is 15.3. The van der Waals surface area contributed by atoms with Crippen LogP contribution in [0.15, 0.2) is 46.9 Å². The van der Waals surface area contributed by atoms with E-state index >= 15 is 0 Å². The first-order chi connectivity index (χ1) is 13.1. The minimum atomic E-state index is -0.324. The van der Waals surface area contributed by atoms with Crippen LogP contribution in [0.5, 0.6) is 0 Å². The van der Waals surface area contributed by atoms with E-state index in [-0.39, 0.29) is 5.97 Å². The SMILES string of the molecule is CCOC(=O)c1ccc(-c2nc(-c3cc4c(C)ccc(C)c4o3)ns2)cc1. The van der Waals surface area contributed by atoms with Gasteiger partial charge in [0.15, 0.2) is 5.76 Å². The quantitative estimate of drug-likeness (QED) is 0.444. The molecule has 0 spiro atoms. The number of furan rings is 1. The number of benzene rings is 2. The molecule has 0 bridgehead atoms. The van der Waals surface area contributed by atoms with E-state index in [2.05, 4.69) is 28.4 Å². The summed E-state index contributed by atoms with van der Waals surface area (Å²) >= 11 is 1.30. The molecule has 0 saturated heterocycles. The molecule has 0 saturated carbocycles. The summed E-state index contributed by atoms with van der Waals surface area (Å²) in [5.74, 6) is 0.905. The number of carbonyl (C=O) groups is 1. The minimum absolute atomic E-state index is 0.324. The number of fused-ring (bicyclic) bond motifs is 1. The summed E-state index contributed by atoms with van der Waals surface area (Å²) in [5.41, 5.74) is 4.55. The molecule has 0 aliphatic heterocycles. The third kappa shape index (κ3) is 3.24. The van der Waals surface area contributed by atoms with Crippen LogP contribution >= 0.6 is 11.5 Å². The predicted octanol–water partition coefficient (Wildman–Crippen LogP) is 5.41. The second-order valence-corrected chi connectivity index (χ2v) is 7.03. The molecule has 2 heterocycles. The number of ether oxygens (including phenoxy) is 1. The van der Waals surface area contributed by atoms with Gasteiger partial charge in [-0.1, -0.05) is 24.3 Å². The molecule has 0 amide bonds. The highest BCUT2D eigenvalue weighted by atomic mass is 32.1. The van der Waals surface area contributed by atoms with Gasteiger partial charge in [0.2, 0.25) is 5.82 Å². The highest BCUT2D eigenvalue weighted by Crippen LogP contribution is 2.32. The Hall–Kier alpha value is -2.99. The molecule has 4 rings (SSSR count). The number of esters is 1. The largest absolute Gasteiger partial charge is 0.462 e. The molecule has 0 unspecified atom stereocenters. The summed E-state index contributed by atoms with van der Waals surface area (Å²) in [6.45, 7) is 6.24. The molecule has 0 radical (unpaired) electrons. The maximum absolute atomic E-state index is 11.8. The summed E-state index contributed by atoms with van der Waals surface area (Å²) in [6, 6.07) is 13.3. The Morgan fingerprint density at radius 3 is 2.56 bits per heavy atom. The third-order valence-electron chi connectivity index (χ3n) is 4.39. The lowest BCUT2D eigenvalue weighted by molar-refractivity contribution is 0.0526. The van der Waals surface area contributed by atoms with Crippen molar-refractivity contribution < 1.29 is 13.9 Å². The minimum Gasteiger partial charge on any atom is -0.462 e. The summed E-state index contributed by atoms with van der Waals surface area (Å²) < 4.78 is 15.5. The van der Waals surface area contributed by atoms with Crippen LogP contribution in [-0.2, 0) is 4.74 Å². The number of aryl methyl sites for hydroxylation is 2. The van der Waals surface area contributed by atoms with E-state index in [1.807, 2.05) is 25.1 Å². The highest BCUT2D eigenvalue weighted by Gasteiger charge is 2.15. The number of carbonyl (C=O) groups excluding carboxylic acids is 1. The average Bonchev–Trinajstić information content (AvgIpc) is 3.33. The van der Waals surface area contributed by atoms with Crippen LogP contribution < -0.4 is 0 Å². The van der Waals surface area contributed by atoms with Crippen molar-refractivity contribution >= 4 is 28.5 Å². The van der Waals surface area contributed by atoms with Gasteiger partial charge in [0.25, 0.3) is 0 Å². The van der Waals surface area contributed by atoms with Gasteiger partial charge in [-0.15, -0.1) is 0 Å². The van der Waals surface area contributed by atoms with Crippen molar-refractivity contribution in [1.82, 2.24) is 9.36 Å². The molecule has 0 aliphatic rings. The van der Waals surface area contributed by atoms with Crippen LogP contribution in [0.4, 0.5) is 0 Å². The molecule has 6 heteroatoms. The second kappa shape index (κ2) is 6.96. The molecular weight excluding hydrogens is 360 g/mol. The number of nitrogens with zero attached hydrogens (tertiary/aromatic N) is 2. The summed E-state index contributed by atoms with van der Waals surface area (Å²) in [4.78, 5) is 16.4. The summed E-state index contributed by atoms with van der Waals surface area (Å²) in [5, 5.41) is 1.86. The van der Waals surface area contributed by atoms with Crippen LogP contribution in [0.2, 0.25) is 0 Å². The molecule has 0 atom stereocenters. The van der Waals surface area contributed by atoms with Crippen molar-refractivity contribution in [3.8, 4) is 22.2 Å². The Morgan fingerprint density at radius 2 is 1.85 bits per heavy atom. The van der Waals surface area contributed by atoms with E-state index in [0.29, 0.717) is 23.8 Å². The lowest BCUT2D eigenvalue weighted by Gasteiger charge is -2.02. The smallest absolute Gasteiger partial charge is 0.338 e. The molecule has 0 fully saturated rings. The monoisotopic (exact) mass is 378 g/mol. The zero-order chi connectivity index (χ0) is 19.0. The van der Waals surface area contributed by atoms with Crippen molar-refractivity contribution in [1.29, 1.82) is 0 Å². The van der Waals surface area contributed by atoms with Gasteiger partial charge in [0.05, 0.1) is 12.2 Å². The van der Waals surface area contributed by atoms with Gasteiger partial charge in [-0.2, -0.15) is 4.37 Å². The van der Waals surface area contributed by atoms with Crippen molar-refractivity contribution in [2.45, 2.75) is 20.8 Å². The van der Waals surface area contributed by atoms with Crippen molar-refractivity contribution in [3.05, 3.63) is 59.2 Å². The normalized spacial score (nSPS) is 11.1. The standard InChI is InChI=1S/C21H18N2O3S/c1-4-25-21(24)15-9-7-14(8-10-15)20-22-19(23-27-20)17-11-16-12(2)5-6-13(3)18(16)26-17/h5-11H,4H2,1-3H3. The van der Waals surface area contributed by atoms with Crippen molar-refractivity contribution in [2.24, 2.45) is 0 Å². The van der Waals surface area contributed by atoms with E-state index < -0.39 is 0 Å². The van der Waals surface area contributed by atoms with E-state index in [1.165, 1.54) is 11.5 Å². The van der Waals surface area contributed by atoms with Crippen LogP contribution in [0.3, 0.4) is 0 Å². The highest BCUT2D eigenvalue weighted by molar-refractivity contribution is 7.09. The van der Waals surface area contributed by atoms with Gasteiger partial charge in [-0.25, -0.2) is 9.78 Å². The fourth-order valence-corrected chi connectivity index (χ4v) is 3.58. The molecule has 4 aromatic rings. The fraction of sp³-hybridized carbons (Fsp3) is 0.190. The van der Waals surface area contributed by atoms with Gasteiger partial charge in [0, 0.05) is 10.9 Å². The first-order valence-electron chi connectivity index (χ1n) is 8.68. The molecule has 2 aromatic carbocycles.